The summed E-state index contributed by atoms with van der Waals surface area (Å²) in [6, 6.07) is 13.7. The van der Waals surface area contributed by atoms with Crippen molar-refractivity contribution < 1.29 is 23.8 Å². The summed E-state index contributed by atoms with van der Waals surface area (Å²) >= 11 is 0. The van der Waals surface area contributed by atoms with Gasteiger partial charge >= 0.3 is 0 Å². The summed E-state index contributed by atoms with van der Waals surface area (Å²) < 4.78 is 22.0. The quantitative estimate of drug-likeness (QED) is 0.411. The smallest absolute Gasteiger partial charge is 0.234 e. The van der Waals surface area contributed by atoms with Crippen molar-refractivity contribution in [3.8, 4) is 0 Å². The molecule has 2 N–H and O–H groups in total. The number of piperidine rings is 2. The van der Waals surface area contributed by atoms with Gasteiger partial charge in [-0.3, -0.25) is 24.8 Å². The number of benzene rings is 2. The molecule has 2 aromatic carbocycles. The molecule has 1 aromatic heterocycles. The second-order valence-corrected chi connectivity index (χ2v) is 12.7. The standard InChI is InChI=1S/C33H38FN3O4/c1-31(2)20-37(19-21-5-7-23(8-6-21)32(41-3)13-4-14-32)16-15-33(31,40)26-10-11-27-25(29(26)34)17-22(18-35-27)24-9-12-28(38)36-30(24)39/h5-8,10-11,17-18,24,40H,4,9,12-16,19-20H2,1-3H3,(H,36,38,39). The van der Waals surface area contributed by atoms with Gasteiger partial charge in [-0.15, -0.1) is 0 Å². The molecule has 3 fully saturated rings. The van der Waals surface area contributed by atoms with E-state index in [9.17, 15) is 14.7 Å². The van der Waals surface area contributed by atoms with E-state index in [4.69, 9.17) is 4.74 Å². The number of methoxy groups -OCH3 is 1. The topological polar surface area (TPSA) is 91.8 Å². The van der Waals surface area contributed by atoms with E-state index in [1.54, 1.807) is 31.5 Å². The zero-order valence-electron chi connectivity index (χ0n) is 24.0. The first-order valence-electron chi connectivity index (χ1n) is 14.6. The van der Waals surface area contributed by atoms with Crippen molar-refractivity contribution in [2.45, 2.75) is 76.0 Å². The second-order valence-electron chi connectivity index (χ2n) is 12.7. The zero-order chi connectivity index (χ0) is 29.0. The van der Waals surface area contributed by atoms with Gasteiger partial charge in [0.1, 0.15) is 5.82 Å². The van der Waals surface area contributed by atoms with Crippen molar-refractivity contribution in [2.75, 3.05) is 20.2 Å². The van der Waals surface area contributed by atoms with Gasteiger partial charge in [-0.05, 0) is 60.9 Å². The van der Waals surface area contributed by atoms with Crippen LogP contribution in [-0.2, 0) is 32.1 Å². The van der Waals surface area contributed by atoms with Gasteiger partial charge in [0, 0.05) is 55.7 Å². The monoisotopic (exact) mass is 559 g/mol. The number of nitrogens with zero attached hydrogens (tertiary/aromatic N) is 2. The van der Waals surface area contributed by atoms with Crippen molar-refractivity contribution in [3.05, 3.63) is 76.7 Å². The van der Waals surface area contributed by atoms with Gasteiger partial charge < -0.3 is 9.84 Å². The number of hydrogen-bond acceptors (Lipinski definition) is 6. The van der Waals surface area contributed by atoms with Crippen LogP contribution in [0, 0.1) is 11.2 Å². The molecule has 41 heavy (non-hydrogen) atoms. The normalized spacial score (nSPS) is 26.0. The molecule has 1 saturated carbocycles. The van der Waals surface area contributed by atoms with E-state index in [1.165, 1.54) is 17.5 Å². The van der Waals surface area contributed by atoms with Crippen molar-refractivity contribution >= 4 is 22.7 Å². The third-order valence-corrected chi connectivity index (χ3v) is 9.87. The average molecular weight is 560 g/mol. The number of nitrogens with one attached hydrogen (secondary N) is 1. The highest BCUT2D eigenvalue weighted by molar-refractivity contribution is 6.01. The van der Waals surface area contributed by atoms with E-state index in [1.807, 2.05) is 13.8 Å². The van der Waals surface area contributed by atoms with Gasteiger partial charge in [0.2, 0.25) is 11.8 Å². The summed E-state index contributed by atoms with van der Waals surface area (Å²) in [6.07, 6.45) is 5.86. The molecule has 2 saturated heterocycles. The van der Waals surface area contributed by atoms with E-state index < -0.39 is 22.8 Å². The SMILES string of the molecule is COC1(c2ccc(CN3CCC(O)(c4ccc5ncc(C6CCC(=O)NC6=O)cc5c4F)C(C)(C)C3)cc2)CCC1. The van der Waals surface area contributed by atoms with Gasteiger partial charge in [-0.25, -0.2) is 4.39 Å². The van der Waals surface area contributed by atoms with Gasteiger partial charge in [0.05, 0.1) is 22.6 Å². The van der Waals surface area contributed by atoms with Crippen LogP contribution in [0.3, 0.4) is 0 Å². The molecule has 8 heteroatoms. The first kappa shape index (κ1) is 27.9. The van der Waals surface area contributed by atoms with Crippen LogP contribution < -0.4 is 5.32 Å². The van der Waals surface area contributed by atoms with Crippen LogP contribution >= 0.6 is 0 Å². The highest BCUT2D eigenvalue weighted by Crippen LogP contribution is 2.48. The van der Waals surface area contributed by atoms with Crippen LogP contribution in [0.2, 0.25) is 0 Å². The van der Waals surface area contributed by atoms with Crippen LogP contribution in [0.25, 0.3) is 10.9 Å². The average Bonchev–Trinajstić information content (AvgIpc) is 2.91. The molecule has 2 amide bonds. The minimum Gasteiger partial charge on any atom is -0.384 e. The lowest BCUT2D eigenvalue weighted by Gasteiger charge is -2.50. The molecule has 0 radical (unpaired) electrons. The van der Waals surface area contributed by atoms with Crippen LogP contribution in [-0.4, -0.2) is 47.0 Å². The summed E-state index contributed by atoms with van der Waals surface area (Å²) in [5.74, 6) is -1.75. The Morgan fingerprint density at radius 1 is 1.12 bits per heavy atom. The first-order valence-corrected chi connectivity index (χ1v) is 14.6. The molecule has 1 aliphatic carbocycles. The van der Waals surface area contributed by atoms with E-state index in [-0.39, 0.29) is 34.8 Å². The molecule has 6 rings (SSSR count). The zero-order valence-corrected chi connectivity index (χ0v) is 24.0. The molecule has 3 aromatic rings. The Morgan fingerprint density at radius 3 is 2.51 bits per heavy atom. The fraction of sp³-hybridized carbons (Fsp3) is 0.485. The number of amides is 2. The third kappa shape index (κ3) is 4.76. The Balaban J connectivity index is 1.22. The molecule has 2 atom stereocenters. The molecular formula is C33H38FN3O4. The van der Waals surface area contributed by atoms with Gasteiger partial charge in [-0.1, -0.05) is 44.2 Å². The lowest BCUT2D eigenvalue weighted by Crippen LogP contribution is -2.55. The Labute approximate surface area is 240 Å². The number of hydrogen-bond donors (Lipinski definition) is 2. The maximum atomic E-state index is 16.2. The molecule has 0 bridgehead atoms. The fourth-order valence-corrected chi connectivity index (χ4v) is 7.04. The van der Waals surface area contributed by atoms with E-state index >= 15 is 4.39 Å². The van der Waals surface area contributed by atoms with Crippen LogP contribution in [0.5, 0.6) is 0 Å². The molecule has 2 aliphatic heterocycles. The number of imide groups is 1. The summed E-state index contributed by atoms with van der Waals surface area (Å²) in [5, 5.41) is 14.7. The summed E-state index contributed by atoms with van der Waals surface area (Å²) in [6.45, 7) is 5.94. The summed E-state index contributed by atoms with van der Waals surface area (Å²) in [5.41, 5.74) is 1.55. The Hall–Kier alpha value is -3.20. The summed E-state index contributed by atoms with van der Waals surface area (Å²) in [7, 11) is 1.79. The molecule has 2 unspecified atom stereocenters. The van der Waals surface area contributed by atoms with Crippen molar-refractivity contribution in [1.82, 2.24) is 15.2 Å². The second kappa shape index (κ2) is 10.3. The van der Waals surface area contributed by atoms with Crippen molar-refractivity contribution in [3.63, 3.8) is 0 Å². The highest BCUT2D eigenvalue weighted by Gasteiger charge is 2.50. The number of rotatable bonds is 6. The molecular weight excluding hydrogens is 521 g/mol. The van der Waals surface area contributed by atoms with Crippen LogP contribution in [0.15, 0.2) is 48.7 Å². The number of halogens is 1. The lowest BCUT2D eigenvalue weighted by atomic mass is 9.66. The van der Waals surface area contributed by atoms with E-state index in [2.05, 4.69) is 39.5 Å². The molecule has 7 nitrogen and oxygen atoms in total. The minimum absolute atomic E-state index is 0.135. The predicted octanol–water partition coefficient (Wildman–Crippen LogP) is 5.04. The van der Waals surface area contributed by atoms with Crippen molar-refractivity contribution in [2.24, 2.45) is 5.41 Å². The van der Waals surface area contributed by atoms with Crippen molar-refractivity contribution in [1.29, 1.82) is 0 Å². The Bertz CT molecular complexity index is 1490. The lowest BCUT2D eigenvalue weighted by molar-refractivity contribution is -0.134. The highest BCUT2D eigenvalue weighted by atomic mass is 19.1. The number of carbonyl (C=O) groups excluding carboxylic acids is 2. The van der Waals surface area contributed by atoms with E-state index in [0.29, 0.717) is 37.0 Å². The van der Waals surface area contributed by atoms with Gasteiger partial charge in [0.15, 0.2) is 0 Å². The molecule has 3 aliphatic rings. The summed E-state index contributed by atoms with van der Waals surface area (Å²) in [4.78, 5) is 30.7. The number of fused-ring (bicyclic) bond motifs is 1. The number of carbonyl (C=O) groups is 2. The number of pyridine rings is 1. The maximum absolute atomic E-state index is 16.2. The third-order valence-electron chi connectivity index (χ3n) is 9.87. The Kier molecular flexibility index (Phi) is 6.99. The first-order chi connectivity index (χ1) is 19.5. The van der Waals surface area contributed by atoms with Crippen LogP contribution in [0.1, 0.15) is 80.5 Å². The molecule has 0 spiro atoms. The number of aromatic nitrogens is 1. The largest absolute Gasteiger partial charge is 0.384 e. The fourth-order valence-electron chi connectivity index (χ4n) is 7.04. The number of likely N-dealkylation sites (tertiary alicyclic amines) is 1. The Morgan fingerprint density at radius 2 is 1.88 bits per heavy atom. The minimum atomic E-state index is -1.38. The molecule has 216 valence electrons. The number of ether oxygens (including phenoxy) is 1. The van der Waals surface area contributed by atoms with Crippen LogP contribution in [0.4, 0.5) is 4.39 Å². The molecule has 3 heterocycles. The van der Waals surface area contributed by atoms with Gasteiger partial charge in [0.25, 0.3) is 0 Å². The van der Waals surface area contributed by atoms with Gasteiger partial charge in [-0.2, -0.15) is 0 Å². The number of aliphatic hydroxyl groups is 1. The maximum Gasteiger partial charge on any atom is 0.234 e. The predicted molar refractivity (Wildman–Crippen MR) is 153 cm³/mol. The van der Waals surface area contributed by atoms with E-state index in [0.717, 1.165) is 19.4 Å².